The summed E-state index contributed by atoms with van der Waals surface area (Å²) in [7, 11) is 0. The molecule has 0 aromatic rings. The normalized spacial score (nSPS) is 19.5. The molecular formula is C17H34O4. The van der Waals surface area contributed by atoms with Gasteiger partial charge in [-0.3, -0.25) is 4.79 Å². The van der Waals surface area contributed by atoms with Crippen molar-refractivity contribution >= 4 is 5.97 Å². The fourth-order valence-corrected chi connectivity index (χ4v) is 2.60. The molecule has 0 saturated carbocycles. The lowest BCUT2D eigenvalue weighted by Crippen LogP contribution is -2.44. The van der Waals surface area contributed by atoms with Crippen LogP contribution in [0.3, 0.4) is 0 Å². The van der Waals surface area contributed by atoms with Crippen molar-refractivity contribution < 1.29 is 19.7 Å². The molecule has 0 aliphatic rings. The summed E-state index contributed by atoms with van der Waals surface area (Å²) in [5, 5.41) is 20.7. The average molecular weight is 302 g/mol. The lowest BCUT2D eigenvalue weighted by atomic mass is 9.80. The van der Waals surface area contributed by atoms with Crippen molar-refractivity contribution in [3.05, 3.63) is 0 Å². The van der Waals surface area contributed by atoms with E-state index in [-0.39, 0.29) is 41.7 Å². The molecule has 126 valence electrons. The van der Waals surface area contributed by atoms with Crippen molar-refractivity contribution in [1.29, 1.82) is 0 Å². The van der Waals surface area contributed by atoms with Crippen LogP contribution in [0.4, 0.5) is 0 Å². The van der Waals surface area contributed by atoms with Gasteiger partial charge in [0.1, 0.15) is 6.10 Å². The van der Waals surface area contributed by atoms with Crippen LogP contribution in [0.25, 0.3) is 0 Å². The monoisotopic (exact) mass is 302 g/mol. The molecule has 0 amide bonds. The first-order valence-corrected chi connectivity index (χ1v) is 8.07. The van der Waals surface area contributed by atoms with Crippen molar-refractivity contribution in [3.8, 4) is 0 Å². The fourth-order valence-electron chi connectivity index (χ4n) is 2.60. The summed E-state index contributed by atoms with van der Waals surface area (Å²) in [6.45, 7) is 15.1. The summed E-state index contributed by atoms with van der Waals surface area (Å²) >= 11 is 0. The highest BCUT2D eigenvalue weighted by Crippen LogP contribution is 2.28. The Balaban J connectivity index is 4.95. The van der Waals surface area contributed by atoms with Gasteiger partial charge in [-0.1, -0.05) is 55.4 Å². The third-order valence-corrected chi connectivity index (χ3v) is 4.20. The second kappa shape index (κ2) is 8.74. The smallest absolute Gasteiger partial charge is 0.308 e. The van der Waals surface area contributed by atoms with Crippen LogP contribution in [0.5, 0.6) is 0 Å². The van der Waals surface area contributed by atoms with Crippen molar-refractivity contribution in [3.63, 3.8) is 0 Å². The van der Waals surface area contributed by atoms with Crippen LogP contribution in [0.1, 0.15) is 55.4 Å². The molecule has 5 atom stereocenters. The molecule has 0 heterocycles. The van der Waals surface area contributed by atoms with Crippen molar-refractivity contribution in [2.75, 3.05) is 0 Å². The molecule has 0 bridgehead atoms. The van der Waals surface area contributed by atoms with Crippen molar-refractivity contribution in [1.82, 2.24) is 0 Å². The molecule has 0 radical (unpaired) electrons. The zero-order chi connectivity index (χ0) is 16.9. The Morgan fingerprint density at radius 3 is 1.57 bits per heavy atom. The van der Waals surface area contributed by atoms with E-state index in [0.29, 0.717) is 0 Å². The number of rotatable bonds is 8. The van der Waals surface area contributed by atoms with Crippen LogP contribution in [-0.2, 0) is 9.53 Å². The van der Waals surface area contributed by atoms with Crippen molar-refractivity contribution in [2.45, 2.75) is 73.7 Å². The lowest BCUT2D eigenvalue weighted by Gasteiger charge is -2.36. The summed E-state index contributed by atoms with van der Waals surface area (Å²) in [5.41, 5.74) is 0. The van der Waals surface area contributed by atoms with Gasteiger partial charge in [-0.05, 0) is 11.8 Å². The van der Waals surface area contributed by atoms with E-state index in [0.717, 1.165) is 0 Å². The van der Waals surface area contributed by atoms with E-state index in [1.54, 1.807) is 13.8 Å². The third-order valence-electron chi connectivity index (χ3n) is 4.20. The van der Waals surface area contributed by atoms with Gasteiger partial charge < -0.3 is 14.9 Å². The molecule has 4 heteroatoms. The summed E-state index contributed by atoms with van der Waals surface area (Å²) in [6, 6.07) is 0. The van der Waals surface area contributed by atoms with Crippen LogP contribution in [0.2, 0.25) is 0 Å². The molecule has 0 aromatic heterocycles. The summed E-state index contributed by atoms with van der Waals surface area (Å²) in [4.78, 5) is 11.8. The first kappa shape index (κ1) is 20.4. The third kappa shape index (κ3) is 5.95. The number of hydrogen-bond donors (Lipinski definition) is 2. The zero-order valence-electron chi connectivity index (χ0n) is 14.8. The molecule has 0 aliphatic carbocycles. The number of aliphatic hydroxyl groups excluding tert-OH is 2. The van der Waals surface area contributed by atoms with Gasteiger partial charge in [-0.2, -0.15) is 0 Å². The quantitative estimate of drug-likeness (QED) is 0.677. The Kier molecular flexibility index (Phi) is 8.49. The maximum atomic E-state index is 11.8. The van der Waals surface area contributed by atoms with Crippen molar-refractivity contribution in [2.24, 2.45) is 29.6 Å². The number of carbonyl (C=O) groups is 1. The Morgan fingerprint density at radius 1 is 0.762 bits per heavy atom. The molecule has 2 N–H and O–H groups in total. The zero-order valence-corrected chi connectivity index (χ0v) is 14.8. The molecule has 0 saturated heterocycles. The van der Waals surface area contributed by atoms with Gasteiger partial charge in [0.2, 0.25) is 0 Å². The number of carbonyl (C=O) groups excluding carboxylic acids is 1. The van der Waals surface area contributed by atoms with Crippen LogP contribution >= 0.6 is 0 Å². The molecule has 21 heavy (non-hydrogen) atoms. The fraction of sp³-hybridized carbons (Fsp3) is 0.941. The van der Waals surface area contributed by atoms with Crippen LogP contribution in [0.15, 0.2) is 0 Å². The number of ether oxygens (including phenoxy) is 1. The van der Waals surface area contributed by atoms with Crippen LogP contribution in [-0.4, -0.2) is 34.5 Å². The average Bonchev–Trinajstić information content (AvgIpc) is 2.40. The Hall–Kier alpha value is -0.610. The molecule has 0 fully saturated rings. The second-order valence-electron chi connectivity index (χ2n) is 7.24. The largest absolute Gasteiger partial charge is 0.462 e. The van der Waals surface area contributed by atoms with E-state index < -0.39 is 12.2 Å². The SMILES string of the molecule is CC(C)C(=O)O[C@@H](C(C)C)[C@H](C)[C@@H](O)[C@@H](C)[C@@H](O)C(C)C. The maximum Gasteiger partial charge on any atom is 0.308 e. The van der Waals surface area contributed by atoms with E-state index in [9.17, 15) is 15.0 Å². The Morgan fingerprint density at radius 2 is 1.24 bits per heavy atom. The van der Waals surface area contributed by atoms with E-state index in [1.165, 1.54) is 0 Å². The standard InChI is InChI=1S/C17H34O4/c1-9(2)14(18)12(7)15(19)13(8)16(10(3)4)21-17(20)11(5)6/h9-16,18-19H,1-8H3/t12-,13+,14-,15-,16-/m0/s1. The van der Waals surface area contributed by atoms with E-state index in [2.05, 4.69) is 0 Å². The number of aliphatic hydroxyl groups is 2. The highest BCUT2D eigenvalue weighted by atomic mass is 16.5. The first-order chi connectivity index (χ1) is 9.50. The molecular weight excluding hydrogens is 268 g/mol. The van der Waals surface area contributed by atoms with Gasteiger partial charge in [0.05, 0.1) is 18.1 Å². The van der Waals surface area contributed by atoms with Gasteiger partial charge >= 0.3 is 5.97 Å². The van der Waals surface area contributed by atoms with E-state index >= 15 is 0 Å². The molecule has 0 aliphatic heterocycles. The molecule has 0 spiro atoms. The van der Waals surface area contributed by atoms with Crippen LogP contribution in [0, 0.1) is 29.6 Å². The van der Waals surface area contributed by atoms with Gasteiger partial charge in [0.25, 0.3) is 0 Å². The second-order valence-corrected chi connectivity index (χ2v) is 7.24. The summed E-state index contributed by atoms with van der Waals surface area (Å²) < 4.78 is 5.57. The number of hydrogen-bond acceptors (Lipinski definition) is 4. The Labute approximate surface area is 129 Å². The maximum absolute atomic E-state index is 11.8. The summed E-state index contributed by atoms with van der Waals surface area (Å²) in [6.07, 6.45) is -1.64. The minimum absolute atomic E-state index is 0.0811. The molecule has 0 aromatic carbocycles. The number of esters is 1. The topological polar surface area (TPSA) is 66.8 Å². The minimum atomic E-state index is -0.713. The molecule has 0 unspecified atom stereocenters. The first-order valence-electron chi connectivity index (χ1n) is 8.07. The van der Waals surface area contributed by atoms with Gasteiger partial charge in [-0.15, -0.1) is 0 Å². The van der Waals surface area contributed by atoms with E-state index in [4.69, 9.17) is 4.74 Å². The van der Waals surface area contributed by atoms with Gasteiger partial charge in [-0.25, -0.2) is 0 Å². The molecule has 4 nitrogen and oxygen atoms in total. The summed E-state index contributed by atoms with van der Waals surface area (Å²) in [5.74, 6) is -0.729. The van der Waals surface area contributed by atoms with Gasteiger partial charge in [0.15, 0.2) is 0 Å². The predicted molar refractivity (Wildman–Crippen MR) is 84.7 cm³/mol. The molecule has 0 rings (SSSR count). The van der Waals surface area contributed by atoms with Gasteiger partial charge in [0, 0.05) is 11.8 Å². The highest BCUT2D eigenvalue weighted by molar-refractivity contribution is 5.71. The Bertz CT molecular complexity index is 312. The predicted octanol–water partition coefficient (Wildman–Crippen LogP) is 2.86. The lowest BCUT2D eigenvalue weighted by molar-refractivity contribution is -0.163. The minimum Gasteiger partial charge on any atom is -0.462 e. The highest BCUT2D eigenvalue weighted by Gasteiger charge is 2.36. The van der Waals surface area contributed by atoms with Crippen LogP contribution < -0.4 is 0 Å². The van der Waals surface area contributed by atoms with E-state index in [1.807, 2.05) is 41.5 Å².